The molecule has 1 aliphatic heterocycles. The first-order valence-corrected chi connectivity index (χ1v) is 10.3. The predicted molar refractivity (Wildman–Crippen MR) is 123 cm³/mol. The third kappa shape index (κ3) is 3.62. The number of ether oxygens (including phenoxy) is 1. The lowest BCUT2D eigenvalue weighted by Gasteiger charge is -2.29. The Kier molecular flexibility index (Phi) is 5.61. The SMILES string of the molecule is COCCn1c(C)cc(/C=C2/C(=O)N(c3ccccc3C)C(=O)c3ccccc32)c1C. The fourth-order valence-electron chi connectivity index (χ4n) is 4.18. The number of fused-ring (bicyclic) bond motifs is 1. The number of imide groups is 1. The number of aryl methyl sites for hydroxylation is 2. The number of anilines is 1. The topological polar surface area (TPSA) is 51.5 Å². The Balaban J connectivity index is 1.88. The number of amides is 2. The van der Waals surface area contributed by atoms with Gasteiger partial charge in [0.1, 0.15) is 0 Å². The summed E-state index contributed by atoms with van der Waals surface area (Å²) in [7, 11) is 1.69. The third-order valence-corrected chi connectivity index (χ3v) is 5.87. The second kappa shape index (κ2) is 8.36. The van der Waals surface area contributed by atoms with E-state index in [1.165, 1.54) is 4.90 Å². The minimum atomic E-state index is -0.306. The Morgan fingerprint density at radius 2 is 1.58 bits per heavy atom. The van der Waals surface area contributed by atoms with Gasteiger partial charge < -0.3 is 9.30 Å². The summed E-state index contributed by atoms with van der Waals surface area (Å²) in [6.07, 6.45) is 1.91. The highest BCUT2D eigenvalue weighted by Gasteiger charge is 2.36. The molecule has 2 heterocycles. The van der Waals surface area contributed by atoms with Gasteiger partial charge in [0.15, 0.2) is 0 Å². The Morgan fingerprint density at radius 3 is 2.29 bits per heavy atom. The van der Waals surface area contributed by atoms with E-state index in [2.05, 4.69) is 10.6 Å². The van der Waals surface area contributed by atoms with Crippen LogP contribution in [0.4, 0.5) is 5.69 Å². The van der Waals surface area contributed by atoms with Crippen molar-refractivity contribution in [3.05, 3.63) is 88.2 Å². The number of aromatic nitrogens is 1. The first-order valence-electron chi connectivity index (χ1n) is 10.3. The van der Waals surface area contributed by atoms with Crippen molar-refractivity contribution in [3.8, 4) is 0 Å². The number of para-hydroxylation sites is 1. The van der Waals surface area contributed by atoms with Crippen molar-refractivity contribution in [1.29, 1.82) is 0 Å². The molecule has 2 aromatic carbocycles. The van der Waals surface area contributed by atoms with Gasteiger partial charge in [0.05, 0.1) is 12.3 Å². The van der Waals surface area contributed by atoms with Crippen LogP contribution in [-0.2, 0) is 16.1 Å². The Morgan fingerprint density at radius 1 is 0.903 bits per heavy atom. The fourth-order valence-corrected chi connectivity index (χ4v) is 4.18. The highest BCUT2D eigenvalue weighted by Crippen LogP contribution is 2.35. The van der Waals surface area contributed by atoms with Gasteiger partial charge in [0, 0.05) is 36.2 Å². The summed E-state index contributed by atoms with van der Waals surface area (Å²) in [5, 5.41) is 0. The zero-order valence-electron chi connectivity index (χ0n) is 18.3. The molecule has 0 N–H and O–H groups in total. The first-order chi connectivity index (χ1) is 14.9. The molecular weight excluding hydrogens is 388 g/mol. The van der Waals surface area contributed by atoms with Crippen LogP contribution in [0.15, 0.2) is 54.6 Å². The van der Waals surface area contributed by atoms with E-state index in [1.54, 1.807) is 13.2 Å². The molecule has 0 fully saturated rings. The molecule has 0 bridgehead atoms. The maximum atomic E-state index is 13.6. The standard InChI is InChI=1S/C26H26N2O3/c1-17-9-5-8-12-24(17)28-25(29)22-11-7-6-10-21(22)23(26(28)30)16-20-15-18(2)27(19(20)3)13-14-31-4/h5-12,15-16H,13-14H2,1-4H3/b23-16+. The number of benzene rings is 2. The maximum Gasteiger partial charge on any atom is 0.265 e. The lowest BCUT2D eigenvalue weighted by Crippen LogP contribution is -2.42. The molecule has 3 aromatic rings. The van der Waals surface area contributed by atoms with Gasteiger partial charge in [-0.1, -0.05) is 36.4 Å². The molecule has 0 spiro atoms. The van der Waals surface area contributed by atoms with Crippen LogP contribution in [0.3, 0.4) is 0 Å². The summed E-state index contributed by atoms with van der Waals surface area (Å²) in [5.41, 5.74) is 6.34. The average Bonchev–Trinajstić information content (AvgIpc) is 3.03. The molecule has 0 aliphatic carbocycles. The number of hydrogen-bond acceptors (Lipinski definition) is 3. The van der Waals surface area contributed by atoms with Crippen molar-refractivity contribution in [3.63, 3.8) is 0 Å². The van der Waals surface area contributed by atoms with Crippen molar-refractivity contribution >= 4 is 29.2 Å². The molecule has 1 aromatic heterocycles. The van der Waals surface area contributed by atoms with Gasteiger partial charge in [-0.15, -0.1) is 0 Å². The van der Waals surface area contributed by atoms with Crippen molar-refractivity contribution in [2.24, 2.45) is 0 Å². The van der Waals surface area contributed by atoms with E-state index in [1.807, 2.05) is 69.3 Å². The predicted octanol–water partition coefficient (Wildman–Crippen LogP) is 4.79. The van der Waals surface area contributed by atoms with E-state index in [0.29, 0.717) is 29.0 Å². The van der Waals surface area contributed by atoms with Crippen LogP contribution in [0.5, 0.6) is 0 Å². The second-order valence-corrected chi connectivity index (χ2v) is 7.81. The number of carbonyl (C=O) groups excluding carboxylic acids is 2. The monoisotopic (exact) mass is 414 g/mol. The smallest absolute Gasteiger partial charge is 0.265 e. The van der Waals surface area contributed by atoms with Crippen LogP contribution in [0, 0.1) is 20.8 Å². The van der Waals surface area contributed by atoms with E-state index in [4.69, 9.17) is 4.74 Å². The van der Waals surface area contributed by atoms with E-state index < -0.39 is 0 Å². The second-order valence-electron chi connectivity index (χ2n) is 7.81. The fraction of sp³-hybridized carbons (Fsp3) is 0.231. The quantitative estimate of drug-likeness (QED) is 0.446. The molecule has 5 heteroatoms. The van der Waals surface area contributed by atoms with Crippen LogP contribution >= 0.6 is 0 Å². The molecule has 0 atom stereocenters. The minimum Gasteiger partial charge on any atom is -0.383 e. The van der Waals surface area contributed by atoms with Gasteiger partial charge in [-0.05, 0) is 61.7 Å². The van der Waals surface area contributed by atoms with Crippen LogP contribution in [0.1, 0.15) is 38.4 Å². The summed E-state index contributed by atoms with van der Waals surface area (Å²) in [6, 6.07) is 16.9. The minimum absolute atomic E-state index is 0.294. The molecule has 5 nitrogen and oxygen atoms in total. The molecule has 0 saturated carbocycles. The maximum absolute atomic E-state index is 13.6. The largest absolute Gasteiger partial charge is 0.383 e. The van der Waals surface area contributed by atoms with Gasteiger partial charge in [0.25, 0.3) is 11.8 Å². The van der Waals surface area contributed by atoms with Crippen molar-refractivity contribution < 1.29 is 14.3 Å². The first kappa shape index (κ1) is 20.8. The lowest BCUT2D eigenvalue weighted by molar-refractivity contribution is -0.112. The van der Waals surface area contributed by atoms with Gasteiger partial charge in [-0.25, -0.2) is 4.90 Å². The zero-order chi connectivity index (χ0) is 22.1. The average molecular weight is 415 g/mol. The number of hydrogen-bond donors (Lipinski definition) is 0. The van der Waals surface area contributed by atoms with E-state index in [9.17, 15) is 9.59 Å². The number of rotatable bonds is 5. The van der Waals surface area contributed by atoms with Crippen LogP contribution in [-0.4, -0.2) is 30.1 Å². The molecular formula is C26H26N2O3. The summed E-state index contributed by atoms with van der Waals surface area (Å²) in [6.45, 7) is 7.35. The molecule has 31 heavy (non-hydrogen) atoms. The number of methoxy groups -OCH3 is 1. The van der Waals surface area contributed by atoms with Gasteiger partial charge in [0.2, 0.25) is 0 Å². The van der Waals surface area contributed by atoms with E-state index >= 15 is 0 Å². The van der Waals surface area contributed by atoms with E-state index in [-0.39, 0.29) is 11.8 Å². The summed E-state index contributed by atoms with van der Waals surface area (Å²) >= 11 is 0. The molecule has 158 valence electrons. The molecule has 1 aliphatic rings. The molecule has 4 rings (SSSR count). The van der Waals surface area contributed by atoms with Crippen molar-refractivity contribution in [2.75, 3.05) is 18.6 Å². The highest BCUT2D eigenvalue weighted by atomic mass is 16.5. The summed E-state index contributed by atoms with van der Waals surface area (Å²) in [5.74, 6) is -0.600. The van der Waals surface area contributed by atoms with Crippen LogP contribution in [0.2, 0.25) is 0 Å². The normalized spacial score (nSPS) is 15.0. The van der Waals surface area contributed by atoms with Gasteiger partial charge in [-0.2, -0.15) is 0 Å². The Hall–Kier alpha value is -3.44. The Labute approximate surface area is 182 Å². The molecule has 0 radical (unpaired) electrons. The van der Waals surface area contributed by atoms with Crippen molar-refractivity contribution in [1.82, 2.24) is 4.57 Å². The zero-order valence-corrected chi connectivity index (χ0v) is 18.3. The summed E-state index contributed by atoms with van der Waals surface area (Å²) < 4.78 is 7.41. The number of carbonyl (C=O) groups is 2. The van der Waals surface area contributed by atoms with Crippen LogP contribution in [0.25, 0.3) is 11.6 Å². The van der Waals surface area contributed by atoms with Crippen LogP contribution < -0.4 is 4.90 Å². The van der Waals surface area contributed by atoms with Gasteiger partial charge >= 0.3 is 0 Å². The third-order valence-electron chi connectivity index (χ3n) is 5.87. The van der Waals surface area contributed by atoms with Gasteiger partial charge in [-0.3, -0.25) is 9.59 Å². The van der Waals surface area contributed by atoms with Crippen molar-refractivity contribution in [2.45, 2.75) is 27.3 Å². The highest BCUT2D eigenvalue weighted by molar-refractivity contribution is 6.43. The molecule has 0 saturated heterocycles. The molecule has 0 unspecified atom stereocenters. The number of nitrogens with zero attached hydrogens (tertiary/aromatic N) is 2. The molecule has 2 amide bonds. The lowest BCUT2D eigenvalue weighted by atomic mass is 9.91. The van der Waals surface area contributed by atoms with E-state index in [0.717, 1.165) is 29.1 Å². The summed E-state index contributed by atoms with van der Waals surface area (Å²) in [4.78, 5) is 28.2. The Bertz CT molecular complexity index is 1200.